The maximum atomic E-state index is 5.95. The third kappa shape index (κ3) is 2.59. The highest BCUT2D eigenvalue weighted by Crippen LogP contribution is 2.35. The van der Waals surface area contributed by atoms with E-state index < -0.39 is 0 Å². The van der Waals surface area contributed by atoms with Crippen molar-refractivity contribution in [3.05, 3.63) is 47.4 Å². The molecule has 1 aromatic heterocycles. The summed E-state index contributed by atoms with van der Waals surface area (Å²) in [6.45, 7) is 5.05. The molecule has 4 nitrogen and oxygen atoms in total. The van der Waals surface area contributed by atoms with Gasteiger partial charge in [0.25, 0.3) is 0 Å². The summed E-state index contributed by atoms with van der Waals surface area (Å²) in [7, 11) is 0. The van der Waals surface area contributed by atoms with Crippen LogP contribution < -0.4 is 10.1 Å². The predicted octanol–water partition coefficient (Wildman–Crippen LogP) is 3.28. The molecule has 0 radical (unpaired) electrons. The van der Waals surface area contributed by atoms with Crippen LogP contribution in [-0.2, 0) is 6.42 Å². The van der Waals surface area contributed by atoms with Gasteiger partial charge in [0, 0.05) is 24.7 Å². The van der Waals surface area contributed by atoms with E-state index in [4.69, 9.17) is 4.74 Å². The lowest BCUT2D eigenvalue weighted by atomic mass is 10.1. The van der Waals surface area contributed by atoms with Gasteiger partial charge in [-0.2, -0.15) is 0 Å². The molecule has 20 heavy (non-hydrogen) atoms. The monoisotopic (exact) mass is 269 g/mol. The Bertz CT molecular complexity index is 587. The summed E-state index contributed by atoms with van der Waals surface area (Å²) in [5.74, 6) is 2.60. The molecule has 1 atom stereocenters. The molecule has 1 N–H and O–H groups in total. The highest BCUT2D eigenvalue weighted by atomic mass is 16.5. The Morgan fingerprint density at radius 1 is 1.30 bits per heavy atom. The zero-order valence-electron chi connectivity index (χ0n) is 11.9. The van der Waals surface area contributed by atoms with Crippen molar-refractivity contribution in [3.8, 4) is 5.75 Å². The molecule has 0 spiro atoms. The number of hydrogen-bond donors (Lipinski definition) is 1. The van der Waals surface area contributed by atoms with Crippen LogP contribution in [0.25, 0.3) is 0 Å². The van der Waals surface area contributed by atoms with Gasteiger partial charge < -0.3 is 10.1 Å². The minimum atomic E-state index is -0.0746. The van der Waals surface area contributed by atoms with Crippen LogP contribution in [-0.4, -0.2) is 16.5 Å². The van der Waals surface area contributed by atoms with Crippen LogP contribution in [0.4, 0.5) is 5.82 Å². The fourth-order valence-corrected chi connectivity index (χ4v) is 2.41. The average molecular weight is 269 g/mol. The van der Waals surface area contributed by atoms with Crippen LogP contribution in [0.15, 0.2) is 30.3 Å². The van der Waals surface area contributed by atoms with Gasteiger partial charge in [-0.15, -0.1) is 0 Å². The molecule has 3 rings (SSSR count). The number of para-hydroxylation sites is 1. The lowest BCUT2D eigenvalue weighted by molar-refractivity contribution is 0.227. The van der Waals surface area contributed by atoms with Gasteiger partial charge in [0.15, 0.2) is 11.9 Å². The summed E-state index contributed by atoms with van der Waals surface area (Å²) >= 11 is 0. The van der Waals surface area contributed by atoms with Crippen LogP contribution in [0.2, 0.25) is 0 Å². The first-order chi connectivity index (χ1) is 9.76. The van der Waals surface area contributed by atoms with Gasteiger partial charge >= 0.3 is 0 Å². The number of fused-ring (bicyclic) bond motifs is 1. The summed E-state index contributed by atoms with van der Waals surface area (Å²) in [4.78, 5) is 9.12. The molecule has 1 unspecified atom stereocenters. The van der Waals surface area contributed by atoms with E-state index in [1.165, 1.54) is 5.56 Å². The standard InChI is InChI=1S/C16H19N3O/c1-3-8-17-15-9-11(2)18-16(19-15)14-10-12-6-4-5-7-13(12)20-14/h4-7,9,14H,3,8,10H2,1-2H3,(H,17,18,19). The quantitative estimate of drug-likeness (QED) is 0.925. The molecule has 0 aliphatic carbocycles. The van der Waals surface area contributed by atoms with Gasteiger partial charge in [0.2, 0.25) is 0 Å². The molecule has 0 saturated carbocycles. The number of nitrogens with one attached hydrogen (secondary N) is 1. The van der Waals surface area contributed by atoms with Crippen molar-refractivity contribution in [2.45, 2.75) is 32.8 Å². The first-order valence-electron chi connectivity index (χ1n) is 7.10. The van der Waals surface area contributed by atoms with Gasteiger partial charge in [0.1, 0.15) is 11.6 Å². The maximum Gasteiger partial charge on any atom is 0.172 e. The van der Waals surface area contributed by atoms with Gasteiger partial charge in [0.05, 0.1) is 0 Å². The summed E-state index contributed by atoms with van der Waals surface area (Å²) in [6, 6.07) is 10.1. The Balaban J connectivity index is 1.83. The Morgan fingerprint density at radius 3 is 2.95 bits per heavy atom. The number of rotatable bonds is 4. The van der Waals surface area contributed by atoms with Gasteiger partial charge in [-0.25, -0.2) is 9.97 Å². The number of ether oxygens (including phenoxy) is 1. The van der Waals surface area contributed by atoms with Gasteiger partial charge in [-0.05, 0) is 25.0 Å². The highest BCUT2D eigenvalue weighted by molar-refractivity contribution is 5.40. The van der Waals surface area contributed by atoms with E-state index in [2.05, 4.69) is 28.3 Å². The Hall–Kier alpha value is -2.10. The average Bonchev–Trinajstić information content (AvgIpc) is 2.88. The van der Waals surface area contributed by atoms with E-state index in [9.17, 15) is 0 Å². The molecule has 1 aromatic carbocycles. The van der Waals surface area contributed by atoms with Gasteiger partial charge in [-0.1, -0.05) is 25.1 Å². The molecule has 0 fully saturated rings. The van der Waals surface area contributed by atoms with Crippen LogP contribution in [0.5, 0.6) is 5.75 Å². The van der Waals surface area contributed by atoms with E-state index >= 15 is 0 Å². The first kappa shape index (κ1) is 12.9. The van der Waals surface area contributed by atoms with Crippen LogP contribution in [0.3, 0.4) is 0 Å². The molecule has 104 valence electrons. The second-order valence-corrected chi connectivity index (χ2v) is 5.10. The SMILES string of the molecule is CCCNc1cc(C)nc(C2Cc3ccccc3O2)n1. The Labute approximate surface area is 119 Å². The largest absolute Gasteiger partial charge is 0.482 e. The number of benzene rings is 1. The van der Waals surface area contributed by atoms with Crippen molar-refractivity contribution in [2.24, 2.45) is 0 Å². The molecule has 1 aliphatic rings. The zero-order chi connectivity index (χ0) is 13.9. The lowest BCUT2D eigenvalue weighted by Gasteiger charge is -2.12. The predicted molar refractivity (Wildman–Crippen MR) is 79.1 cm³/mol. The van der Waals surface area contributed by atoms with E-state index in [0.717, 1.165) is 42.5 Å². The van der Waals surface area contributed by atoms with Crippen molar-refractivity contribution >= 4 is 5.82 Å². The molecular formula is C16H19N3O. The number of anilines is 1. The van der Waals surface area contributed by atoms with Crippen molar-refractivity contribution in [1.29, 1.82) is 0 Å². The number of aryl methyl sites for hydroxylation is 1. The normalized spacial score (nSPS) is 16.6. The summed E-state index contributed by atoms with van der Waals surface area (Å²) in [5, 5.41) is 3.31. The Morgan fingerprint density at radius 2 is 2.15 bits per heavy atom. The number of hydrogen-bond acceptors (Lipinski definition) is 4. The minimum Gasteiger partial charge on any atom is -0.482 e. The Kier molecular flexibility index (Phi) is 3.54. The van der Waals surface area contributed by atoms with Crippen molar-refractivity contribution in [3.63, 3.8) is 0 Å². The zero-order valence-corrected chi connectivity index (χ0v) is 11.9. The maximum absolute atomic E-state index is 5.95. The van der Waals surface area contributed by atoms with E-state index in [0.29, 0.717) is 0 Å². The van der Waals surface area contributed by atoms with Crippen molar-refractivity contribution in [1.82, 2.24) is 9.97 Å². The number of aromatic nitrogens is 2. The second-order valence-electron chi connectivity index (χ2n) is 5.10. The van der Waals surface area contributed by atoms with Crippen LogP contribution >= 0.6 is 0 Å². The third-order valence-corrected chi connectivity index (χ3v) is 3.36. The number of nitrogens with zero attached hydrogens (tertiary/aromatic N) is 2. The van der Waals surface area contributed by atoms with Crippen LogP contribution in [0.1, 0.15) is 36.5 Å². The second kappa shape index (κ2) is 5.49. The molecular weight excluding hydrogens is 250 g/mol. The molecule has 2 heterocycles. The van der Waals surface area contributed by atoms with Gasteiger partial charge in [-0.3, -0.25) is 0 Å². The highest BCUT2D eigenvalue weighted by Gasteiger charge is 2.26. The van der Waals surface area contributed by atoms with Crippen molar-refractivity contribution < 1.29 is 4.74 Å². The van der Waals surface area contributed by atoms with E-state index in [-0.39, 0.29) is 6.10 Å². The summed E-state index contributed by atoms with van der Waals surface area (Å²) in [5.41, 5.74) is 2.19. The topological polar surface area (TPSA) is 47.0 Å². The lowest BCUT2D eigenvalue weighted by Crippen LogP contribution is -2.12. The fourth-order valence-electron chi connectivity index (χ4n) is 2.41. The van der Waals surface area contributed by atoms with Crippen LogP contribution in [0, 0.1) is 6.92 Å². The molecule has 0 saturated heterocycles. The van der Waals surface area contributed by atoms with Crippen molar-refractivity contribution in [2.75, 3.05) is 11.9 Å². The molecule has 0 bridgehead atoms. The van der Waals surface area contributed by atoms with E-state index in [1.807, 2.05) is 31.2 Å². The molecule has 0 amide bonds. The minimum absolute atomic E-state index is 0.0746. The third-order valence-electron chi connectivity index (χ3n) is 3.36. The molecule has 1 aliphatic heterocycles. The van der Waals surface area contributed by atoms with E-state index in [1.54, 1.807) is 0 Å². The molecule has 2 aromatic rings. The molecule has 4 heteroatoms. The smallest absolute Gasteiger partial charge is 0.172 e. The summed E-state index contributed by atoms with van der Waals surface area (Å²) in [6.07, 6.45) is 1.84. The fraction of sp³-hybridized carbons (Fsp3) is 0.375. The summed E-state index contributed by atoms with van der Waals surface area (Å²) < 4.78 is 5.95. The first-order valence-corrected chi connectivity index (χ1v) is 7.10.